The van der Waals surface area contributed by atoms with Crippen molar-refractivity contribution >= 4 is 17.4 Å². The standard InChI is InChI=1S/C10H9N3O2S/c14-10(15)13-6-9-12-5-8(16-9)7-1-3-11-4-2-7/h1-5,13H,6H2,(H,14,15). The predicted octanol–water partition coefficient (Wildman–Crippen LogP) is 1.97. The van der Waals surface area contributed by atoms with Gasteiger partial charge in [0.15, 0.2) is 0 Å². The van der Waals surface area contributed by atoms with Gasteiger partial charge in [-0.05, 0) is 17.7 Å². The van der Waals surface area contributed by atoms with Gasteiger partial charge in [-0.1, -0.05) is 0 Å². The molecule has 0 fully saturated rings. The quantitative estimate of drug-likeness (QED) is 0.852. The number of hydrogen-bond donors (Lipinski definition) is 2. The van der Waals surface area contributed by atoms with E-state index >= 15 is 0 Å². The van der Waals surface area contributed by atoms with Gasteiger partial charge in [0, 0.05) is 18.6 Å². The van der Waals surface area contributed by atoms with Crippen LogP contribution in [0.2, 0.25) is 0 Å². The number of pyridine rings is 1. The zero-order valence-electron chi connectivity index (χ0n) is 8.25. The molecule has 0 spiro atoms. The molecule has 2 rings (SSSR count). The highest BCUT2D eigenvalue weighted by atomic mass is 32.1. The Labute approximate surface area is 95.8 Å². The van der Waals surface area contributed by atoms with Crippen LogP contribution in [-0.2, 0) is 6.54 Å². The Morgan fingerprint density at radius 2 is 2.19 bits per heavy atom. The first-order valence-electron chi connectivity index (χ1n) is 4.57. The summed E-state index contributed by atoms with van der Waals surface area (Å²) < 4.78 is 0. The average molecular weight is 235 g/mol. The Bertz CT molecular complexity index is 484. The molecule has 5 nitrogen and oxygen atoms in total. The van der Waals surface area contributed by atoms with E-state index in [0.717, 1.165) is 15.4 Å². The Balaban J connectivity index is 2.11. The molecule has 0 aliphatic heterocycles. The lowest BCUT2D eigenvalue weighted by Crippen LogP contribution is -2.19. The summed E-state index contributed by atoms with van der Waals surface area (Å²) in [7, 11) is 0. The van der Waals surface area contributed by atoms with Crippen molar-refractivity contribution in [3.05, 3.63) is 35.7 Å². The summed E-state index contributed by atoms with van der Waals surface area (Å²) in [5, 5.41) is 11.5. The molecule has 6 heteroatoms. The fourth-order valence-corrected chi connectivity index (χ4v) is 2.06. The molecule has 0 saturated heterocycles. The van der Waals surface area contributed by atoms with Crippen LogP contribution in [0.1, 0.15) is 5.01 Å². The van der Waals surface area contributed by atoms with E-state index in [1.807, 2.05) is 12.1 Å². The van der Waals surface area contributed by atoms with E-state index in [2.05, 4.69) is 15.3 Å². The van der Waals surface area contributed by atoms with Crippen molar-refractivity contribution in [1.82, 2.24) is 15.3 Å². The molecule has 2 heterocycles. The minimum Gasteiger partial charge on any atom is -0.465 e. The third kappa shape index (κ3) is 2.54. The summed E-state index contributed by atoms with van der Waals surface area (Å²) in [5.74, 6) is 0. The van der Waals surface area contributed by atoms with Gasteiger partial charge >= 0.3 is 6.09 Å². The van der Waals surface area contributed by atoms with Gasteiger partial charge in [-0.3, -0.25) is 4.98 Å². The first-order valence-corrected chi connectivity index (χ1v) is 5.39. The van der Waals surface area contributed by atoms with Gasteiger partial charge in [-0.2, -0.15) is 0 Å². The molecule has 0 saturated carbocycles. The first kappa shape index (κ1) is 10.6. The number of hydrogen-bond acceptors (Lipinski definition) is 4. The molecule has 0 radical (unpaired) electrons. The largest absolute Gasteiger partial charge is 0.465 e. The maximum atomic E-state index is 10.3. The second-order valence-corrected chi connectivity index (χ2v) is 4.13. The molecular formula is C10H9N3O2S. The van der Waals surface area contributed by atoms with Gasteiger partial charge in [-0.25, -0.2) is 9.78 Å². The second kappa shape index (κ2) is 4.71. The summed E-state index contributed by atoms with van der Waals surface area (Å²) in [4.78, 5) is 19.4. The summed E-state index contributed by atoms with van der Waals surface area (Å²) in [6, 6.07) is 3.78. The number of thiazole rings is 1. The fraction of sp³-hybridized carbons (Fsp3) is 0.100. The molecule has 0 bridgehead atoms. The SMILES string of the molecule is O=C(O)NCc1ncc(-c2ccncc2)s1. The van der Waals surface area contributed by atoms with E-state index in [-0.39, 0.29) is 6.54 Å². The van der Waals surface area contributed by atoms with Crippen molar-refractivity contribution in [1.29, 1.82) is 0 Å². The Hall–Kier alpha value is -1.95. The maximum Gasteiger partial charge on any atom is 0.405 e. The predicted molar refractivity (Wildman–Crippen MR) is 60.2 cm³/mol. The zero-order valence-corrected chi connectivity index (χ0v) is 9.07. The number of nitrogens with one attached hydrogen (secondary N) is 1. The van der Waals surface area contributed by atoms with Crippen molar-refractivity contribution in [2.75, 3.05) is 0 Å². The molecule has 16 heavy (non-hydrogen) atoms. The topological polar surface area (TPSA) is 75.1 Å². The van der Waals surface area contributed by atoms with Crippen LogP contribution in [0.4, 0.5) is 4.79 Å². The highest BCUT2D eigenvalue weighted by Crippen LogP contribution is 2.25. The van der Waals surface area contributed by atoms with E-state index in [1.54, 1.807) is 18.6 Å². The zero-order chi connectivity index (χ0) is 11.4. The molecule has 1 amide bonds. The lowest BCUT2D eigenvalue weighted by Gasteiger charge is -1.95. The van der Waals surface area contributed by atoms with Gasteiger partial charge in [0.2, 0.25) is 0 Å². The molecule has 2 aromatic rings. The number of aromatic nitrogens is 2. The number of nitrogens with zero attached hydrogens (tertiary/aromatic N) is 2. The third-order valence-electron chi connectivity index (χ3n) is 1.91. The fourth-order valence-electron chi connectivity index (χ4n) is 1.19. The number of carboxylic acid groups (broad SMARTS) is 1. The van der Waals surface area contributed by atoms with Gasteiger partial charge < -0.3 is 10.4 Å². The highest BCUT2D eigenvalue weighted by molar-refractivity contribution is 7.15. The van der Waals surface area contributed by atoms with Gasteiger partial charge in [0.1, 0.15) is 5.01 Å². The Morgan fingerprint density at radius 3 is 2.88 bits per heavy atom. The lowest BCUT2D eigenvalue weighted by atomic mass is 10.2. The van der Waals surface area contributed by atoms with Gasteiger partial charge in [0.25, 0.3) is 0 Å². The molecule has 2 N–H and O–H groups in total. The van der Waals surface area contributed by atoms with Crippen LogP contribution < -0.4 is 5.32 Å². The van der Waals surface area contributed by atoms with Crippen LogP contribution >= 0.6 is 11.3 Å². The number of amides is 1. The van der Waals surface area contributed by atoms with Crippen LogP contribution in [0.25, 0.3) is 10.4 Å². The van der Waals surface area contributed by atoms with E-state index in [4.69, 9.17) is 5.11 Å². The van der Waals surface area contributed by atoms with Crippen molar-refractivity contribution in [2.45, 2.75) is 6.54 Å². The van der Waals surface area contributed by atoms with Crippen molar-refractivity contribution in [2.24, 2.45) is 0 Å². The molecule has 0 aromatic carbocycles. The van der Waals surface area contributed by atoms with Gasteiger partial charge in [-0.15, -0.1) is 11.3 Å². The van der Waals surface area contributed by atoms with E-state index in [9.17, 15) is 4.79 Å². The minimum absolute atomic E-state index is 0.241. The second-order valence-electron chi connectivity index (χ2n) is 3.01. The monoisotopic (exact) mass is 235 g/mol. The molecule has 0 aliphatic carbocycles. The molecule has 0 aliphatic rings. The highest BCUT2D eigenvalue weighted by Gasteiger charge is 2.04. The molecule has 82 valence electrons. The smallest absolute Gasteiger partial charge is 0.405 e. The average Bonchev–Trinajstić information content (AvgIpc) is 2.76. The maximum absolute atomic E-state index is 10.3. The first-order chi connectivity index (χ1) is 7.75. The summed E-state index contributed by atoms with van der Waals surface area (Å²) in [6.07, 6.45) is 4.12. The van der Waals surface area contributed by atoms with Crippen LogP contribution in [0.3, 0.4) is 0 Å². The summed E-state index contributed by atoms with van der Waals surface area (Å²) in [5.41, 5.74) is 1.04. The van der Waals surface area contributed by atoms with Crippen molar-refractivity contribution in [3.63, 3.8) is 0 Å². The van der Waals surface area contributed by atoms with Crippen LogP contribution in [0, 0.1) is 0 Å². The lowest BCUT2D eigenvalue weighted by molar-refractivity contribution is 0.194. The van der Waals surface area contributed by atoms with Crippen LogP contribution in [-0.4, -0.2) is 21.2 Å². The molecule has 0 unspecified atom stereocenters. The Kier molecular flexibility index (Phi) is 3.11. The number of rotatable bonds is 3. The van der Waals surface area contributed by atoms with Gasteiger partial charge in [0.05, 0.1) is 11.4 Å². The van der Waals surface area contributed by atoms with Crippen LogP contribution in [0.15, 0.2) is 30.7 Å². The van der Waals surface area contributed by atoms with E-state index in [0.29, 0.717) is 0 Å². The summed E-state index contributed by atoms with van der Waals surface area (Å²) >= 11 is 1.46. The Morgan fingerprint density at radius 1 is 1.44 bits per heavy atom. The van der Waals surface area contributed by atoms with E-state index in [1.165, 1.54) is 11.3 Å². The van der Waals surface area contributed by atoms with Crippen LogP contribution in [0.5, 0.6) is 0 Å². The molecular weight excluding hydrogens is 226 g/mol. The minimum atomic E-state index is -1.04. The summed E-state index contributed by atoms with van der Waals surface area (Å²) in [6.45, 7) is 0.241. The molecule has 2 aromatic heterocycles. The van der Waals surface area contributed by atoms with Crippen molar-refractivity contribution in [3.8, 4) is 10.4 Å². The molecule has 0 atom stereocenters. The van der Waals surface area contributed by atoms with E-state index < -0.39 is 6.09 Å². The van der Waals surface area contributed by atoms with Crippen molar-refractivity contribution < 1.29 is 9.90 Å². The normalized spacial score (nSPS) is 10.0. The number of carbonyl (C=O) groups is 1. The third-order valence-corrected chi connectivity index (χ3v) is 2.96.